The number of nitrogens with two attached hydrogens (primary N) is 1. The van der Waals surface area contributed by atoms with Crippen molar-refractivity contribution in [2.75, 3.05) is 5.73 Å². The molecule has 0 aliphatic carbocycles. The van der Waals surface area contributed by atoms with Gasteiger partial charge in [-0.2, -0.15) is 4.57 Å². The van der Waals surface area contributed by atoms with E-state index in [4.69, 9.17) is 5.73 Å². The zero-order valence-corrected chi connectivity index (χ0v) is 10.4. The monoisotopic (exact) mass is 253 g/mol. The molecule has 0 aliphatic heterocycles. The zero-order chi connectivity index (χ0) is 13.4. The van der Waals surface area contributed by atoms with Crippen LogP contribution in [0.2, 0.25) is 0 Å². The van der Waals surface area contributed by atoms with Crippen molar-refractivity contribution in [1.82, 2.24) is 9.55 Å². The first-order valence-electron chi connectivity index (χ1n) is 5.90. The molecule has 3 aromatic rings. The highest BCUT2D eigenvalue weighted by molar-refractivity contribution is 5.84. The third-order valence-electron chi connectivity index (χ3n) is 3.10. The summed E-state index contributed by atoms with van der Waals surface area (Å²) in [6.07, 6.45) is 3.35. The van der Waals surface area contributed by atoms with Crippen LogP contribution in [0.25, 0.3) is 16.6 Å². The number of rotatable bonds is 1. The number of anilines is 1. The molecule has 0 fully saturated rings. The van der Waals surface area contributed by atoms with Crippen LogP contribution in [0.1, 0.15) is 0 Å². The Bertz CT molecular complexity index is 818. The van der Waals surface area contributed by atoms with Gasteiger partial charge in [-0.3, -0.25) is 0 Å². The first kappa shape index (κ1) is 11.4. The van der Waals surface area contributed by atoms with E-state index in [2.05, 4.69) is 4.98 Å². The zero-order valence-electron chi connectivity index (χ0n) is 10.4. The molecule has 19 heavy (non-hydrogen) atoms. The predicted molar refractivity (Wildman–Crippen MR) is 72.9 cm³/mol. The van der Waals surface area contributed by atoms with E-state index >= 15 is 0 Å². The molecule has 0 spiro atoms. The predicted octanol–water partition coefficient (Wildman–Crippen LogP) is 0.792. The van der Waals surface area contributed by atoms with Crippen LogP contribution in [0.4, 0.5) is 5.82 Å². The second-order valence-electron chi connectivity index (χ2n) is 4.32. The van der Waals surface area contributed by atoms with Crippen LogP contribution in [-0.4, -0.2) is 9.55 Å². The van der Waals surface area contributed by atoms with Gasteiger partial charge >= 0.3 is 5.69 Å². The van der Waals surface area contributed by atoms with E-state index in [1.165, 1.54) is 10.8 Å². The standard InChI is InChI=1S/C14H12N4O/c1-17-9-3-5-10-4-2-6-11(13(10)17)18-12(15)7-8-16-14(18)19/h2-9H,1H3,(H-,15,16,19)/p+1. The third kappa shape index (κ3) is 1.76. The lowest BCUT2D eigenvalue weighted by molar-refractivity contribution is -0.644. The molecule has 5 nitrogen and oxygen atoms in total. The van der Waals surface area contributed by atoms with E-state index in [0.29, 0.717) is 5.82 Å². The molecule has 1 aromatic carbocycles. The maximum Gasteiger partial charge on any atom is 0.353 e. The third-order valence-corrected chi connectivity index (χ3v) is 3.10. The summed E-state index contributed by atoms with van der Waals surface area (Å²) in [5.74, 6) is 0.372. The quantitative estimate of drug-likeness (QED) is 0.652. The lowest BCUT2D eigenvalue weighted by atomic mass is 10.2. The Morgan fingerprint density at radius 1 is 1.21 bits per heavy atom. The van der Waals surface area contributed by atoms with Gasteiger partial charge in [0.2, 0.25) is 5.52 Å². The van der Waals surface area contributed by atoms with E-state index in [1.807, 2.05) is 48.1 Å². The first-order chi connectivity index (χ1) is 9.18. The Balaban J connectivity index is 2.48. The van der Waals surface area contributed by atoms with E-state index in [-0.39, 0.29) is 5.69 Å². The maximum atomic E-state index is 12.0. The minimum absolute atomic E-state index is 0.372. The summed E-state index contributed by atoms with van der Waals surface area (Å²) in [4.78, 5) is 15.7. The highest BCUT2D eigenvalue weighted by Crippen LogP contribution is 2.19. The summed E-state index contributed by atoms with van der Waals surface area (Å²) in [6.45, 7) is 0. The largest absolute Gasteiger partial charge is 0.385 e. The van der Waals surface area contributed by atoms with Gasteiger partial charge in [-0.05, 0) is 24.3 Å². The Morgan fingerprint density at radius 3 is 2.79 bits per heavy atom. The number of nitrogen functional groups attached to an aromatic ring is 1. The van der Waals surface area contributed by atoms with Crippen molar-refractivity contribution in [2.45, 2.75) is 0 Å². The number of benzene rings is 1. The lowest BCUT2D eigenvalue weighted by Crippen LogP contribution is -2.31. The fourth-order valence-corrected chi connectivity index (χ4v) is 2.26. The number of aromatic nitrogens is 3. The number of para-hydroxylation sites is 1. The van der Waals surface area contributed by atoms with E-state index < -0.39 is 0 Å². The summed E-state index contributed by atoms with van der Waals surface area (Å²) in [5.41, 5.74) is 7.20. The van der Waals surface area contributed by atoms with E-state index in [1.54, 1.807) is 6.07 Å². The lowest BCUT2D eigenvalue weighted by Gasteiger charge is -2.09. The van der Waals surface area contributed by atoms with E-state index in [9.17, 15) is 4.79 Å². The summed E-state index contributed by atoms with van der Waals surface area (Å²) in [5, 5.41) is 1.04. The van der Waals surface area contributed by atoms with Crippen molar-refractivity contribution in [3.8, 4) is 5.69 Å². The molecule has 3 rings (SSSR count). The second-order valence-corrected chi connectivity index (χ2v) is 4.32. The van der Waals surface area contributed by atoms with Gasteiger partial charge in [0.15, 0.2) is 6.20 Å². The van der Waals surface area contributed by atoms with Crippen LogP contribution >= 0.6 is 0 Å². The van der Waals surface area contributed by atoms with Crippen LogP contribution in [0, 0.1) is 0 Å². The van der Waals surface area contributed by atoms with Gasteiger partial charge in [0.1, 0.15) is 18.6 Å². The molecule has 0 radical (unpaired) electrons. The highest BCUT2D eigenvalue weighted by Gasteiger charge is 2.14. The Labute approximate surface area is 109 Å². The normalized spacial score (nSPS) is 10.8. The van der Waals surface area contributed by atoms with Crippen molar-refractivity contribution >= 4 is 16.7 Å². The molecule has 0 amide bonds. The second kappa shape index (κ2) is 4.20. The van der Waals surface area contributed by atoms with Gasteiger partial charge in [-0.15, -0.1) is 0 Å². The van der Waals surface area contributed by atoms with Crippen molar-refractivity contribution in [1.29, 1.82) is 0 Å². The molecule has 0 aliphatic rings. The number of pyridine rings is 1. The van der Waals surface area contributed by atoms with Crippen LogP contribution in [0.15, 0.2) is 53.6 Å². The van der Waals surface area contributed by atoms with Crippen LogP contribution in [0.5, 0.6) is 0 Å². The molecule has 2 N–H and O–H groups in total. The molecular formula is C14H13N4O+. The number of hydrogen-bond donors (Lipinski definition) is 1. The minimum atomic E-state index is -0.378. The Morgan fingerprint density at radius 2 is 2.00 bits per heavy atom. The van der Waals surface area contributed by atoms with Gasteiger partial charge in [-0.25, -0.2) is 14.3 Å². The summed E-state index contributed by atoms with van der Waals surface area (Å²) >= 11 is 0. The van der Waals surface area contributed by atoms with Crippen LogP contribution < -0.4 is 16.0 Å². The average Bonchev–Trinajstić information content (AvgIpc) is 2.39. The number of fused-ring (bicyclic) bond motifs is 1. The molecule has 0 saturated heterocycles. The average molecular weight is 253 g/mol. The highest BCUT2D eigenvalue weighted by atomic mass is 16.1. The molecule has 2 heterocycles. The van der Waals surface area contributed by atoms with E-state index in [0.717, 1.165) is 16.6 Å². The van der Waals surface area contributed by atoms with Gasteiger partial charge < -0.3 is 5.73 Å². The smallest absolute Gasteiger partial charge is 0.353 e. The first-order valence-corrected chi connectivity index (χ1v) is 5.90. The molecule has 0 saturated carbocycles. The van der Waals surface area contributed by atoms with Crippen molar-refractivity contribution < 1.29 is 4.57 Å². The summed E-state index contributed by atoms with van der Waals surface area (Å²) in [6, 6.07) is 11.3. The summed E-state index contributed by atoms with van der Waals surface area (Å²) in [7, 11) is 1.93. The van der Waals surface area contributed by atoms with Gasteiger partial charge in [0.25, 0.3) is 0 Å². The summed E-state index contributed by atoms with van der Waals surface area (Å²) < 4.78 is 3.38. The van der Waals surface area contributed by atoms with Gasteiger partial charge in [0, 0.05) is 17.6 Å². The number of nitrogens with zero attached hydrogens (tertiary/aromatic N) is 3. The molecule has 0 unspecified atom stereocenters. The maximum absolute atomic E-state index is 12.0. The molecule has 0 bridgehead atoms. The fraction of sp³-hybridized carbons (Fsp3) is 0.0714. The van der Waals surface area contributed by atoms with Gasteiger partial charge in [-0.1, -0.05) is 6.07 Å². The number of hydrogen-bond acceptors (Lipinski definition) is 3. The number of aryl methyl sites for hydroxylation is 1. The molecular weight excluding hydrogens is 240 g/mol. The SMILES string of the molecule is C[n+]1cccc2cccc(-n3c(N)ccnc3=O)c21. The molecule has 5 heteroatoms. The Kier molecular flexibility index (Phi) is 2.52. The van der Waals surface area contributed by atoms with Crippen molar-refractivity contribution in [3.63, 3.8) is 0 Å². The molecule has 2 aromatic heterocycles. The Hall–Kier alpha value is -2.69. The van der Waals surface area contributed by atoms with Crippen molar-refractivity contribution in [2.24, 2.45) is 7.05 Å². The van der Waals surface area contributed by atoms with Gasteiger partial charge in [0.05, 0.1) is 0 Å². The molecule has 94 valence electrons. The topological polar surface area (TPSA) is 64.8 Å². The van der Waals surface area contributed by atoms with Crippen LogP contribution in [-0.2, 0) is 7.05 Å². The molecule has 0 atom stereocenters. The van der Waals surface area contributed by atoms with Crippen molar-refractivity contribution in [3.05, 3.63) is 59.3 Å². The van der Waals surface area contributed by atoms with Crippen LogP contribution in [0.3, 0.4) is 0 Å². The minimum Gasteiger partial charge on any atom is -0.385 e. The fourth-order valence-electron chi connectivity index (χ4n) is 2.26.